The van der Waals surface area contributed by atoms with E-state index in [0.717, 1.165) is 30.6 Å². The summed E-state index contributed by atoms with van der Waals surface area (Å²) in [5, 5.41) is 9.72. The fourth-order valence-corrected chi connectivity index (χ4v) is 4.57. The first kappa shape index (κ1) is 15.9. The van der Waals surface area contributed by atoms with Crippen molar-refractivity contribution in [2.45, 2.75) is 53.7 Å². The molecule has 2 saturated heterocycles. The summed E-state index contributed by atoms with van der Waals surface area (Å²) in [7, 11) is 0. The van der Waals surface area contributed by atoms with E-state index in [4.69, 9.17) is 23.1 Å². The van der Waals surface area contributed by atoms with Crippen LogP contribution < -0.4 is 16.4 Å². The third-order valence-electron chi connectivity index (χ3n) is 4.62. The number of nitrogens with zero attached hydrogens (tertiary/aromatic N) is 5. The highest BCUT2D eigenvalue weighted by atomic mass is 35.5. The first-order chi connectivity index (χ1) is 11.6. The van der Waals surface area contributed by atoms with E-state index in [1.807, 2.05) is 0 Å². The van der Waals surface area contributed by atoms with E-state index in [1.54, 1.807) is 18.5 Å². The third-order valence-corrected chi connectivity index (χ3v) is 6.09. The number of aromatic nitrogens is 4. The van der Waals surface area contributed by atoms with Crippen molar-refractivity contribution < 1.29 is 0 Å². The van der Waals surface area contributed by atoms with Crippen molar-refractivity contribution in [3.63, 3.8) is 0 Å². The number of rotatable bonds is 3. The largest absolute Gasteiger partial charge is 0.382 e. The summed E-state index contributed by atoms with van der Waals surface area (Å²) in [6, 6.07) is 2.97. The maximum absolute atomic E-state index is 6.16. The summed E-state index contributed by atoms with van der Waals surface area (Å²) in [5.41, 5.74) is 11.8. The molecule has 0 aromatic carbocycles. The van der Waals surface area contributed by atoms with Crippen molar-refractivity contribution in [1.82, 2.24) is 20.2 Å². The molecular formula is C15H18ClN7S. The van der Waals surface area contributed by atoms with Gasteiger partial charge in [-0.15, -0.1) is 10.2 Å². The normalized spacial score (nSPS) is 25.9. The molecule has 2 bridgehead atoms. The zero-order valence-corrected chi connectivity index (χ0v) is 14.5. The lowest BCUT2D eigenvalue weighted by Crippen LogP contribution is -2.48. The Morgan fingerprint density at radius 2 is 1.92 bits per heavy atom. The monoisotopic (exact) mass is 363 g/mol. The summed E-state index contributed by atoms with van der Waals surface area (Å²) in [6.07, 6.45) is 7.67. The molecule has 0 saturated carbocycles. The molecule has 2 fully saturated rings. The van der Waals surface area contributed by atoms with Crippen LogP contribution in [-0.2, 0) is 0 Å². The number of piperidine rings is 1. The summed E-state index contributed by atoms with van der Waals surface area (Å²) in [5.74, 6) is 1.000. The fourth-order valence-electron chi connectivity index (χ4n) is 3.60. The van der Waals surface area contributed by atoms with E-state index in [0.29, 0.717) is 39.9 Å². The van der Waals surface area contributed by atoms with Gasteiger partial charge in [0.05, 0.1) is 11.2 Å². The summed E-state index contributed by atoms with van der Waals surface area (Å²) < 4.78 is 0. The molecule has 4 heterocycles. The molecular weight excluding hydrogens is 346 g/mol. The Morgan fingerprint density at radius 1 is 1.17 bits per heavy atom. The third kappa shape index (κ3) is 2.89. The van der Waals surface area contributed by atoms with Gasteiger partial charge in [0.25, 0.3) is 0 Å². The molecule has 0 amide bonds. The summed E-state index contributed by atoms with van der Waals surface area (Å²) in [4.78, 5) is 11.5. The van der Waals surface area contributed by atoms with Gasteiger partial charge < -0.3 is 16.4 Å². The zero-order valence-electron chi connectivity index (χ0n) is 13.0. The predicted molar refractivity (Wildman–Crippen MR) is 94.1 cm³/mol. The topological polar surface area (TPSA) is 107 Å². The molecule has 0 spiro atoms. The van der Waals surface area contributed by atoms with Crippen LogP contribution in [0.1, 0.15) is 25.7 Å². The summed E-state index contributed by atoms with van der Waals surface area (Å²) >= 11 is 7.53. The van der Waals surface area contributed by atoms with Gasteiger partial charge in [0.15, 0.2) is 0 Å². The molecule has 4 rings (SSSR count). The van der Waals surface area contributed by atoms with E-state index < -0.39 is 0 Å². The van der Waals surface area contributed by atoms with Crippen molar-refractivity contribution in [1.29, 1.82) is 0 Å². The smallest absolute Gasteiger partial charge is 0.245 e. The van der Waals surface area contributed by atoms with Gasteiger partial charge in [-0.1, -0.05) is 23.4 Å². The van der Waals surface area contributed by atoms with E-state index in [1.165, 1.54) is 11.8 Å². The first-order valence-corrected chi connectivity index (χ1v) is 9.12. The van der Waals surface area contributed by atoms with Gasteiger partial charge in [-0.25, -0.2) is 9.97 Å². The van der Waals surface area contributed by atoms with E-state index in [9.17, 15) is 0 Å². The Balaban J connectivity index is 1.52. The van der Waals surface area contributed by atoms with Crippen molar-refractivity contribution in [3.8, 4) is 0 Å². The Labute approximate surface area is 149 Å². The predicted octanol–water partition coefficient (Wildman–Crippen LogP) is 2.11. The Morgan fingerprint density at radius 3 is 2.58 bits per heavy atom. The van der Waals surface area contributed by atoms with Crippen LogP contribution in [0.25, 0.3) is 0 Å². The van der Waals surface area contributed by atoms with Crippen molar-refractivity contribution >= 4 is 35.1 Å². The lowest BCUT2D eigenvalue weighted by Gasteiger charge is -2.37. The number of hydrogen-bond donors (Lipinski definition) is 2. The molecule has 3 atom stereocenters. The second-order valence-corrected chi connectivity index (χ2v) is 7.67. The lowest BCUT2D eigenvalue weighted by molar-refractivity contribution is 0.407. The second kappa shape index (κ2) is 6.34. The molecule has 2 aliphatic heterocycles. The Kier molecular flexibility index (Phi) is 4.19. The number of nitrogens with two attached hydrogens (primary N) is 2. The minimum Gasteiger partial charge on any atom is -0.382 e. The van der Waals surface area contributed by atoms with Crippen LogP contribution in [0.2, 0.25) is 5.02 Å². The minimum atomic E-state index is 0.292. The molecule has 0 aliphatic carbocycles. The average Bonchev–Trinajstić information content (AvgIpc) is 2.84. The Bertz CT molecular complexity index is 727. The van der Waals surface area contributed by atoms with Crippen molar-refractivity contribution in [2.75, 3.05) is 10.6 Å². The van der Waals surface area contributed by atoms with Gasteiger partial charge in [0, 0.05) is 29.2 Å². The van der Waals surface area contributed by atoms with Gasteiger partial charge >= 0.3 is 0 Å². The van der Waals surface area contributed by atoms with Gasteiger partial charge in [-0.05, 0) is 31.7 Å². The van der Waals surface area contributed by atoms with E-state index >= 15 is 0 Å². The van der Waals surface area contributed by atoms with Gasteiger partial charge in [-0.2, -0.15) is 0 Å². The molecule has 24 heavy (non-hydrogen) atoms. The number of hydrogen-bond acceptors (Lipinski definition) is 8. The average molecular weight is 364 g/mol. The van der Waals surface area contributed by atoms with E-state index in [-0.39, 0.29) is 0 Å². The van der Waals surface area contributed by atoms with Crippen molar-refractivity contribution in [3.05, 3.63) is 23.5 Å². The molecule has 2 aromatic heterocycles. The zero-order chi connectivity index (χ0) is 16.7. The fraction of sp³-hybridized carbons (Fsp3) is 0.467. The molecule has 2 aromatic rings. The van der Waals surface area contributed by atoms with Gasteiger partial charge in [-0.3, -0.25) is 0 Å². The Hall–Kier alpha value is -1.64. The quantitative estimate of drug-likeness (QED) is 0.853. The van der Waals surface area contributed by atoms with Crippen LogP contribution in [0, 0.1) is 0 Å². The van der Waals surface area contributed by atoms with Crippen LogP contribution in [0.3, 0.4) is 0 Å². The molecule has 9 heteroatoms. The van der Waals surface area contributed by atoms with Gasteiger partial charge in [0.2, 0.25) is 5.95 Å². The van der Waals surface area contributed by atoms with Crippen LogP contribution in [0.15, 0.2) is 28.4 Å². The van der Waals surface area contributed by atoms with Crippen LogP contribution >= 0.6 is 23.4 Å². The lowest BCUT2D eigenvalue weighted by atomic mass is 9.99. The molecule has 1 unspecified atom stereocenters. The highest BCUT2D eigenvalue weighted by Crippen LogP contribution is 2.38. The first-order valence-electron chi connectivity index (χ1n) is 7.93. The maximum Gasteiger partial charge on any atom is 0.245 e. The standard InChI is InChI=1S/C15H18ClN7S/c16-13-11(3-4-19-14(13)18)24-12-7-20-15(22-21-12)23-9-1-2-10(23)6-8(17)5-9/h3-4,7-10H,1-2,5-6,17H2,(H2,18,19)/t8?,9-,10+. The molecule has 2 aliphatic rings. The van der Waals surface area contributed by atoms with Crippen LogP contribution in [-0.4, -0.2) is 38.3 Å². The number of nitrogen functional groups attached to an aromatic ring is 1. The maximum atomic E-state index is 6.16. The summed E-state index contributed by atoms with van der Waals surface area (Å²) in [6.45, 7) is 0. The van der Waals surface area contributed by atoms with Crippen molar-refractivity contribution in [2.24, 2.45) is 5.73 Å². The second-order valence-electron chi connectivity index (χ2n) is 6.23. The molecule has 0 radical (unpaired) electrons. The minimum absolute atomic E-state index is 0.292. The SMILES string of the molecule is Nc1nccc(Sc2cnc(N3[C@@H]4CC[C@H]3CC(N)C4)nn2)c1Cl. The van der Waals surface area contributed by atoms with Crippen LogP contribution in [0.4, 0.5) is 11.8 Å². The number of pyridine rings is 1. The van der Waals surface area contributed by atoms with Crippen LogP contribution in [0.5, 0.6) is 0 Å². The molecule has 4 N–H and O–H groups in total. The molecule has 7 nitrogen and oxygen atoms in total. The number of fused-ring (bicyclic) bond motifs is 2. The van der Waals surface area contributed by atoms with E-state index in [2.05, 4.69) is 25.1 Å². The van der Waals surface area contributed by atoms with Gasteiger partial charge in [0.1, 0.15) is 10.8 Å². The highest BCUT2D eigenvalue weighted by Gasteiger charge is 2.41. The molecule has 126 valence electrons. The number of halogens is 1. The highest BCUT2D eigenvalue weighted by molar-refractivity contribution is 7.99. The number of anilines is 2.